The molecule has 1 aliphatic heterocycles. The van der Waals surface area contributed by atoms with Gasteiger partial charge in [0.15, 0.2) is 5.78 Å². The number of benzene rings is 1. The third-order valence-electron chi connectivity index (χ3n) is 3.98. The zero-order valence-corrected chi connectivity index (χ0v) is 15.9. The first-order valence-corrected chi connectivity index (χ1v) is 10.3. The summed E-state index contributed by atoms with van der Waals surface area (Å²) in [5.41, 5.74) is 0.530. The topological polar surface area (TPSA) is 130 Å². The Morgan fingerprint density at radius 1 is 1.30 bits per heavy atom. The minimum atomic E-state index is -3.25. The van der Waals surface area contributed by atoms with Gasteiger partial charge in [0.1, 0.15) is 34.3 Å². The highest BCUT2D eigenvalue weighted by molar-refractivity contribution is 7.90. The van der Waals surface area contributed by atoms with Gasteiger partial charge in [-0.3, -0.25) is 14.5 Å². The normalized spacial score (nSPS) is 18.3. The van der Waals surface area contributed by atoms with Crippen molar-refractivity contribution in [2.24, 2.45) is 0 Å². The van der Waals surface area contributed by atoms with E-state index in [2.05, 4.69) is 5.32 Å². The van der Waals surface area contributed by atoms with Crippen LogP contribution < -0.4 is 10.1 Å². The van der Waals surface area contributed by atoms with Crippen LogP contribution in [0.5, 0.6) is 5.75 Å². The highest BCUT2D eigenvalue weighted by atomic mass is 32.2. The van der Waals surface area contributed by atoms with Crippen molar-refractivity contribution >= 4 is 27.6 Å². The number of amides is 3. The Hall–Kier alpha value is -2.46. The van der Waals surface area contributed by atoms with Crippen LogP contribution in [0.4, 0.5) is 4.79 Å². The SMILES string of the molecule is CC(=O)c1ccc(OCC(O)CN2C(=O)NC(CCS(C)(=O)=O)C2=O)cc1. The van der Waals surface area contributed by atoms with Gasteiger partial charge in [0, 0.05) is 11.8 Å². The van der Waals surface area contributed by atoms with Gasteiger partial charge in [-0.25, -0.2) is 13.2 Å². The average molecular weight is 398 g/mol. The van der Waals surface area contributed by atoms with Crippen molar-refractivity contribution in [2.75, 3.05) is 25.2 Å². The van der Waals surface area contributed by atoms with Crippen molar-refractivity contribution < 1.29 is 32.6 Å². The second-order valence-corrected chi connectivity index (χ2v) is 8.67. The predicted octanol–water partition coefficient (Wildman–Crippen LogP) is -0.0160. The molecule has 1 aromatic rings. The summed E-state index contributed by atoms with van der Waals surface area (Å²) in [6.07, 6.45) is -0.0914. The van der Waals surface area contributed by atoms with Crippen molar-refractivity contribution in [3.8, 4) is 5.75 Å². The summed E-state index contributed by atoms with van der Waals surface area (Å²) in [7, 11) is -3.25. The van der Waals surface area contributed by atoms with Crippen LogP contribution in [0, 0.1) is 0 Å². The molecule has 9 nitrogen and oxygen atoms in total. The van der Waals surface area contributed by atoms with Gasteiger partial charge in [-0.05, 0) is 37.6 Å². The summed E-state index contributed by atoms with van der Waals surface area (Å²) >= 11 is 0. The molecule has 1 aromatic carbocycles. The van der Waals surface area contributed by atoms with Crippen LogP contribution in [0.15, 0.2) is 24.3 Å². The number of ketones is 1. The lowest BCUT2D eigenvalue weighted by atomic mass is 10.1. The quantitative estimate of drug-likeness (QED) is 0.442. The number of ether oxygens (including phenoxy) is 1. The standard InChI is InChI=1S/C17H22N2O7S/c1-11(20)12-3-5-14(6-4-12)26-10-13(21)9-19-16(22)15(18-17(19)23)7-8-27(2,24)25/h3-6,13,15,21H,7-10H2,1-2H3,(H,18,23). The fraction of sp³-hybridized carbons (Fsp3) is 0.471. The fourth-order valence-corrected chi connectivity index (χ4v) is 3.18. The number of Topliss-reactive ketones (excluding diaryl/α,β-unsaturated/α-hetero) is 1. The molecule has 2 N–H and O–H groups in total. The lowest BCUT2D eigenvalue weighted by Crippen LogP contribution is -2.40. The second-order valence-electron chi connectivity index (χ2n) is 6.41. The van der Waals surface area contributed by atoms with Crippen LogP contribution in [0.2, 0.25) is 0 Å². The highest BCUT2D eigenvalue weighted by Gasteiger charge is 2.38. The van der Waals surface area contributed by atoms with Crippen LogP contribution in [0.3, 0.4) is 0 Å². The number of nitrogens with zero attached hydrogens (tertiary/aromatic N) is 1. The van der Waals surface area contributed by atoms with Gasteiger partial charge in [-0.15, -0.1) is 0 Å². The summed E-state index contributed by atoms with van der Waals surface area (Å²) in [6.45, 7) is 1.01. The molecule has 2 unspecified atom stereocenters. The van der Waals surface area contributed by atoms with Crippen LogP contribution in [0.25, 0.3) is 0 Å². The molecular formula is C17H22N2O7S. The van der Waals surface area contributed by atoms with Gasteiger partial charge >= 0.3 is 6.03 Å². The lowest BCUT2D eigenvalue weighted by Gasteiger charge is -2.18. The first-order valence-electron chi connectivity index (χ1n) is 8.28. The van der Waals surface area contributed by atoms with E-state index in [9.17, 15) is 27.9 Å². The summed E-state index contributed by atoms with van der Waals surface area (Å²) < 4.78 is 27.8. The first-order chi connectivity index (χ1) is 12.6. The van der Waals surface area contributed by atoms with Crippen molar-refractivity contribution in [3.05, 3.63) is 29.8 Å². The zero-order chi connectivity index (χ0) is 20.2. The Balaban J connectivity index is 1.85. The Bertz CT molecular complexity index is 820. The number of urea groups is 1. The smallest absolute Gasteiger partial charge is 0.324 e. The number of carbonyl (C=O) groups excluding carboxylic acids is 3. The fourth-order valence-electron chi connectivity index (χ4n) is 2.52. The molecule has 2 rings (SSSR count). The van der Waals surface area contributed by atoms with Gasteiger partial charge in [-0.1, -0.05) is 0 Å². The number of nitrogens with one attached hydrogen (secondary N) is 1. The molecule has 3 amide bonds. The van der Waals surface area contributed by atoms with Crippen LogP contribution >= 0.6 is 0 Å². The Labute approximate surface area is 157 Å². The van der Waals surface area contributed by atoms with E-state index in [0.29, 0.717) is 11.3 Å². The van der Waals surface area contributed by atoms with Crippen molar-refractivity contribution in [1.29, 1.82) is 0 Å². The Morgan fingerprint density at radius 3 is 2.48 bits per heavy atom. The monoisotopic (exact) mass is 398 g/mol. The minimum absolute atomic E-state index is 0.0188. The molecule has 27 heavy (non-hydrogen) atoms. The molecule has 0 bridgehead atoms. The van der Waals surface area contributed by atoms with Gasteiger partial charge < -0.3 is 15.2 Å². The number of sulfone groups is 1. The van der Waals surface area contributed by atoms with Gasteiger partial charge in [0.2, 0.25) is 0 Å². The average Bonchev–Trinajstić information content (AvgIpc) is 2.85. The number of imide groups is 1. The third kappa shape index (κ3) is 6.04. The molecule has 148 valence electrons. The van der Waals surface area contributed by atoms with E-state index in [1.165, 1.54) is 6.92 Å². The zero-order valence-electron chi connectivity index (χ0n) is 15.0. The maximum atomic E-state index is 12.2. The Morgan fingerprint density at radius 2 is 1.93 bits per heavy atom. The highest BCUT2D eigenvalue weighted by Crippen LogP contribution is 2.14. The number of hydrogen-bond acceptors (Lipinski definition) is 7. The summed E-state index contributed by atoms with van der Waals surface area (Å²) in [5, 5.41) is 12.5. The number of β-amino-alcohol motifs (C(OH)–C–C–N with tert-alkyl or cyclic N) is 1. The molecule has 0 radical (unpaired) electrons. The third-order valence-corrected chi connectivity index (χ3v) is 4.96. The molecule has 10 heteroatoms. The maximum absolute atomic E-state index is 12.2. The van der Waals surface area contributed by atoms with E-state index in [1.807, 2.05) is 0 Å². The molecule has 1 fully saturated rings. The van der Waals surface area contributed by atoms with Gasteiger partial charge in [0.05, 0.1) is 12.3 Å². The molecule has 0 spiro atoms. The van der Waals surface area contributed by atoms with E-state index in [1.54, 1.807) is 24.3 Å². The van der Waals surface area contributed by atoms with Crippen molar-refractivity contribution in [1.82, 2.24) is 10.2 Å². The Kier molecular flexibility index (Phi) is 6.55. The molecular weight excluding hydrogens is 376 g/mol. The molecule has 0 aliphatic carbocycles. The number of rotatable bonds is 9. The number of aliphatic hydroxyl groups excluding tert-OH is 1. The minimum Gasteiger partial charge on any atom is -0.491 e. The second kappa shape index (κ2) is 8.49. The number of carbonyl (C=O) groups is 3. The largest absolute Gasteiger partial charge is 0.491 e. The predicted molar refractivity (Wildman–Crippen MR) is 96.3 cm³/mol. The molecule has 0 aromatic heterocycles. The van der Waals surface area contributed by atoms with Crippen LogP contribution in [-0.2, 0) is 14.6 Å². The van der Waals surface area contributed by atoms with Crippen molar-refractivity contribution in [2.45, 2.75) is 25.5 Å². The lowest BCUT2D eigenvalue weighted by molar-refractivity contribution is -0.128. The van der Waals surface area contributed by atoms with Crippen LogP contribution in [0.1, 0.15) is 23.7 Å². The number of hydrogen-bond donors (Lipinski definition) is 2. The van der Waals surface area contributed by atoms with E-state index in [-0.39, 0.29) is 31.1 Å². The van der Waals surface area contributed by atoms with E-state index >= 15 is 0 Å². The van der Waals surface area contributed by atoms with E-state index in [4.69, 9.17) is 4.74 Å². The maximum Gasteiger partial charge on any atom is 0.324 e. The van der Waals surface area contributed by atoms with Gasteiger partial charge in [0.25, 0.3) is 5.91 Å². The molecule has 2 atom stereocenters. The summed E-state index contributed by atoms with van der Waals surface area (Å²) in [5.74, 6) is -0.444. The molecule has 1 heterocycles. The summed E-state index contributed by atoms with van der Waals surface area (Å²) in [4.78, 5) is 36.2. The van der Waals surface area contributed by atoms with Crippen LogP contribution in [-0.4, -0.2) is 73.5 Å². The van der Waals surface area contributed by atoms with Gasteiger partial charge in [-0.2, -0.15) is 0 Å². The van der Waals surface area contributed by atoms with Crippen molar-refractivity contribution in [3.63, 3.8) is 0 Å². The number of aliphatic hydroxyl groups is 1. The first kappa shape index (κ1) is 20.8. The summed E-state index contributed by atoms with van der Waals surface area (Å²) in [6, 6.07) is 4.75. The molecule has 1 saturated heterocycles. The molecule has 1 aliphatic rings. The van der Waals surface area contributed by atoms with E-state index in [0.717, 1.165) is 11.2 Å². The molecule has 0 saturated carbocycles. The van der Waals surface area contributed by atoms with E-state index < -0.39 is 33.9 Å².